The Morgan fingerprint density at radius 1 is 1.25 bits per heavy atom. The molecule has 6 heteroatoms. The van der Waals surface area contributed by atoms with Crippen LogP contribution in [-0.2, 0) is 23.0 Å². The summed E-state index contributed by atoms with van der Waals surface area (Å²) < 4.78 is 29.4. The monoisotopic (exact) mass is 246 g/mol. The van der Waals surface area contributed by atoms with Crippen molar-refractivity contribution in [1.82, 2.24) is 10.0 Å². The lowest BCUT2D eigenvalue weighted by Gasteiger charge is -2.03. The minimum absolute atomic E-state index is 0.389. The minimum Gasteiger partial charge on any atom is -0.465 e. The van der Waals surface area contributed by atoms with Crippen LogP contribution in [0.2, 0.25) is 0 Å². The van der Waals surface area contributed by atoms with Crippen LogP contribution in [0.5, 0.6) is 0 Å². The van der Waals surface area contributed by atoms with E-state index in [1.807, 2.05) is 19.1 Å². The number of aryl methyl sites for hydroxylation is 1. The molecule has 0 aromatic carbocycles. The minimum atomic E-state index is -3.08. The third-order valence-corrected chi connectivity index (χ3v) is 2.76. The molecule has 16 heavy (non-hydrogen) atoms. The molecule has 0 fully saturated rings. The van der Waals surface area contributed by atoms with Crippen molar-refractivity contribution in [3.05, 3.63) is 23.7 Å². The summed E-state index contributed by atoms with van der Waals surface area (Å²) in [4.78, 5) is 0. The van der Waals surface area contributed by atoms with Gasteiger partial charge in [-0.3, -0.25) is 0 Å². The number of rotatable bonds is 7. The molecular formula is C10H18N2O3S. The SMILES string of the molecule is CCc1ccc(CNCCNS(C)(=O)=O)o1. The predicted octanol–water partition coefficient (Wildman–Crippen LogP) is 0.481. The Balaban J connectivity index is 2.16. The summed E-state index contributed by atoms with van der Waals surface area (Å²) in [6.45, 7) is 3.62. The van der Waals surface area contributed by atoms with Gasteiger partial charge in [0, 0.05) is 19.5 Å². The van der Waals surface area contributed by atoms with Gasteiger partial charge in [-0.2, -0.15) is 0 Å². The molecule has 5 nitrogen and oxygen atoms in total. The summed E-state index contributed by atoms with van der Waals surface area (Å²) in [6.07, 6.45) is 2.03. The average Bonchev–Trinajstić information content (AvgIpc) is 2.63. The maximum atomic E-state index is 10.7. The van der Waals surface area contributed by atoms with Crippen LogP contribution in [0.25, 0.3) is 0 Å². The second kappa shape index (κ2) is 6.03. The van der Waals surface area contributed by atoms with E-state index in [1.165, 1.54) is 0 Å². The Morgan fingerprint density at radius 2 is 1.94 bits per heavy atom. The van der Waals surface area contributed by atoms with Gasteiger partial charge in [0.2, 0.25) is 10.0 Å². The van der Waals surface area contributed by atoms with Gasteiger partial charge in [0.25, 0.3) is 0 Å². The van der Waals surface area contributed by atoms with Crippen molar-refractivity contribution in [3.63, 3.8) is 0 Å². The van der Waals surface area contributed by atoms with Crippen molar-refractivity contribution in [3.8, 4) is 0 Å². The Morgan fingerprint density at radius 3 is 2.50 bits per heavy atom. The summed E-state index contributed by atoms with van der Waals surface area (Å²) >= 11 is 0. The Labute approximate surface area is 96.3 Å². The Bertz CT molecular complexity index is 411. The van der Waals surface area contributed by atoms with Crippen LogP contribution in [0.4, 0.5) is 0 Å². The molecule has 1 rings (SSSR count). The first-order valence-corrected chi connectivity index (χ1v) is 7.13. The van der Waals surface area contributed by atoms with Crippen LogP contribution >= 0.6 is 0 Å². The van der Waals surface area contributed by atoms with E-state index in [0.717, 1.165) is 24.2 Å². The molecule has 0 atom stereocenters. The highest BCUT2D eigenvalue weighted by Crippen LogP contribution is 2.07. The molecule has 0 saturated heterocycles. The molecule has 92 valence electrons. The van der Waals surface area contributed by atoms with E-state index >= 15 is 0 Å². The molecule has 0 spiro atoms. The van der Waals surface area contributed by atoms with Gasteiger partial charge in [0.05, 0.1) is 12.8 Å². The lowest BCUT2D eigenvalue weighted by Crippen LogP contribution is -2.30. The molecule has 0 radical (unpaired) electrons. The van der Waals surface area contributed by atoms with E-state index in [1.54, 1.807) is 0 Å². The van der Waals surface area contributed by atoms with Gasteiger partial charge in [-0.05, 0) is 12.1 Å². The standard InChI is InChI=1S/C10H18N2O3S/c1-3-9-4-5-10(15-9)8-11-6-7-12-16(2,13)14/h4-5,11-12H,3,6-8H2,1-2H3. The molecule has 1 heterocycles. The Kier molecular flexibility index (Phi) is 4.98. The van der Waals surface area contributed by atoms with Gasteiger partial charge in [0.1, 0.15) is 11.5 Å². The quantitative estimate of drug-likeness (QED) is 0.687. The zero-order chi connectivity index (χ0) is 12.0. The van der Waals surface area contributed by atoms with Crippen LogP contribution in [0.15, 0.2) is 16.5 Å². The third kappa shape index (κ3) is 5.29. The lowest BCUT2D eigenvalue weighted by molar-refractivity contribution is 0.451. The van der Waals surface area contributed by atoms with Crippen molar-refractivity contribution in [2.75, 3.05) is 19.3 Å². The summed E-state index contributed by atoms with van der Waals surface area (Å²) in [7, 11) is -3.08. The number of sulfonamides is 1. The number of hydrogen-bond donors (Lipinski definition) is 2. The Hall–Kier alpha value is -0.850. The van der Waals surface area contributed by atoms with Gasteiger partial charge < -0.3 is 9.73 Å². The van der Waals surface area contributed by atoms with Crippen LogP contribution in [0, 0.1) is 0 Å². The van der Waals surface area contributed by atoms with E-state index < -0.39 is 10.0 Å². The van der Waals surface area contributed by atoms with Crippen molar-refractivity contribution in [2.24, 2.45) is 0 Å². The van der Waals surface area contributed by atoms with Crippen molar-refractivity contribution in [1.29, 1.82) is 0 Å². The molecule has 0 unspecified atom stereocenters. The van der Waals surface area contributed by atoms with Gasteiger partial charge >= 0.3 is 0 Å². The highest BCUT2D eigenvalue weighted by molar-refractivity contribution is 7.88. The average molecular weight is 246 g/mol. The highest BCUT2D eigenvalue weighted by Gasteiger charge is 2.01. The highest BCUT2D eigenvalue weighted by atomic mass is 32.2. The number of nitrogens with one attached hydrogen (secondary N) is 2. The van der Waals surface area contributed by atoms with Crippen molar-refractivity contribution in [2.45, 2.75) is 19.9 Å². The lowest BCUT2D eigenvalue weighted by atomic mass is 10.3. The number of furan rings is 1. The fourth-order valence-corrected chi connectivity index (χ4v) is 1.72. The summed E-state index contributed by atoms with van der Waals surface area (Å²) in [5.74, 6) is 1.84. The largest absolute Gasteiger partial charge is 0.465 e. The smallest absolute Gasteiger partial charge is 0.208 e. The molecule has 0 amide bonds. The van der Waals surface area contributed by atoms with Crippen molar-refractivity contribution >= 4 is 10.0 Å². The summed E-state index contributed by atoms with van der Waals surface area (Å²) in [6, 6.07) is 3.88. The molecule has 0 aliphatic rings. The maximum Gasteiger partial charge on any atom is 0.208 e. The zero-order valence-electron chi connectivity index (χ0n) is 9.62. The van der Waals surface area contributed by atoms with Gasteiger partial charge in [-0.15, -0.1) is 0 Å². The predicted molar refractivity (Wildman–Crippen MR) is 62.6 cm³/mol. The number of hydrogen-bond acceptors (Lipinski definition) is 4. The molecule has 0 bridgehead atoms. The summed E-state index contributed by atoms with van der Waals surface area (Å²) in [5, 5.41) is 3.09. The van der Waals surface area contributed by atoms with Gasteiger partial charge in [-0.1, -0.05) is 6.92 Å². The topological polar surface area (TPSA) is 71.3 Å². The zero-order valence-corrected chi connectivity index (χ0v) is 10.4. The molecule has 0 saturated carbocycles. The molecule has 1 aromatic rings. The molecule has 2 N–H and O–H groups in total. The van der Waals surface area contributed by atoms with Crippen LogP contribution in [-0.4, -0.2) is 27.8 Å². The molecule has 1 aromatic heterocycles. The first kappa shape index (κ1) is 13.2. The normalized spacial score (nSPS) is 11.9. The second-order valence-electron chi connectivity index (χ2n) is 3.56. The van der Waals surface area contributed by atoms with Gasteiger partial charge in [0.15, 0.2) is 0 Å². The van der Waals surface area contributed by atoms with E-state index in [0.29, 0.717) is 19.6 Å². The van der Waals surface area contributed by atoms with Gasteiger partial charge in [-0.25, -0.2) is 13.1 Å². The molecule has 0 aliphatic carbocycles. The van der Waals surface area contributed by atoms with E-state index in [9.17, 15) is 8.42 Å². The van der Waals surface area contributed by atoms with E-state index in [2.05, 4.69) is 10.0 Å². The van der Waals surface area contributed by atoms with Crippen LogP contribution < -0.4 is 10.0 Å². The van der Waals surface area contributed by atoms with E-state index in [-0.39, 0.29) is 0 Å². The summed E-state index contributed by atoms with van der Waals surface area (Å²) in [5.41, 5.74) is 0. The maximum absolute atomic E-state index is 10.7. The fourth-order valence-electron chi connectivity index (χ4n) is 1.24. The first-order valence-electron chi connectivity index (χ1n) is 5.24. The first-order chi connectivity index (χ1) is 7.51. The second-order valence-corrected chi connectivity index (χ2v) is 5.40. The molecule has 0 aliphatic heterocycles. The van der Waals surface area contributed by atoms with Crippen molar-refractivity contribution < 1.29 is 12.8 Å². The third-order valence-electron chi connectivity index (χ3n) is 2.03. The van der Waals surface area contributed by atoms with E-state index in [4.69, 9.17) is 4.42 Å². The molecular weight excluding hydrogens is 228 g/mol. The van der Waals surface area contributed by atoms with Crippen LogP contribution in [0.3, 0.4) is 0 Å². The van der Waals surface area contributed by atoms with Crippen LogP contribution in [0.1, 0.15) is 18.4 Å². The fraction of sp³-hybridized carbons (Fsp3) is 0.600.